The molecule has 0 unspecified atom stereocenters. The highest BCUT2D eigenvalue weighted by molar-refractivity contribution is 6.34. The van der Waals surface area contributed by atoms with Crippen molar-refractivity contribution in [2.45, 2.75) is 0 Å². The minimum absolute atomic E-state index is 0.0423. The summed E-state index contributed by atoms with van der Waals surface area (Å²) >= 11 is 5.90. The maximum atomic E-state index is 11.9. The summed E-state index contributed by atoms with van der Waals surface area (Å²) in [6, 6.07) is 5.62. The Bertz CT molecular complexity index is 651. The molecular formula is C12H10ClN3O3. The molecule has 98 valence electrons. The van der Waals surface area contributed by atoms with Crippen molar-refractivity contribution in [2.75, 3.05) is 5.32 Å². The number of aryl methyl sites for hydroxylation is 1. The number of amides is 1. The van der Waals surface area contributed by atoms with Gasteiger partial charge in [0.25, 0.3) is 5.91 Å². The van der Waals surface area contributed by atoms with Gasteiger partial charge < -0.3 is 10.4 Å². The van der Waals surface area contributed by atoms with Crippen molar-refractivity contribution in [2.24, 2.45) is 7.05 Å². The Morgan fingerprint density at radius 2 is 2.11 bits per heavy atom. The minimum atomic E-state index is -1.09. The van der Waals surface area contributed by atoms with Crippen LogP contribution in [0.4, 0.5) is 5.69 Å². The summed E-state index contributed by atoms with van der Waals surface area (Å²) in [6.07, 6.45) is 1.63. The first-order chi connectivity index (χ1) is 8.97. The Morgan fingerprint density at radius 3 is 2.68 bits per heavy atom. The van der Waals surface area contributed by atoms with Crippen LogP contribution in [0.15, 0.2) is 30.5 Å². The van der Waals surface area contributed by atoms with E-state index in [1.807, 2.05) is 0 Å². The molecule has 0 aliphatic rings. The van der Waals surface area contributed by atoms with Crippen molar-refractivity contribution >= 4 is 29.2 Å². The molecule has 0 aliphatic heterocycles. The number of anilines is 1. The number of carbonyl (C=O) groups excluding carboxylic acids is 1. The van der Waals surface area contributed by atoms with E-state index in [4.69, 9.17) is 16.7 Å². The van der Waals surface area contributed by atoms with Crippen LogP contribution in [0.3, 0.4) is 0 Å². The third kappa shape index (κ3) is 2.92. The van der Waals surface area contributed by atoms with Gasteiger partial charge in [-0.3, -0.25) is 9.48 Å². The highest BCUT2D eigenvalue weighted by atomic mass is 35.5. The molecule has 1 heterocycles. The number of halogens is 1. The first-order valence-corrected chi connectivity index (χ1v) is 5.69. The first-order valence-electron chi connectivity index (χ1n) is 5.31. The fourth-order valence-electron chi connectivity index (χ4n) is 1.48. The van der Waals surface area contributed by atoms with Crippen LogP contribution in [0.5, 0.6) is 0 Å². The van der Waals surface area contributed by atoms with Gasteiger partial charge in [-0.2, -0.15) is 5.10 Å². The largest absolute Gasteiger partial charge is 0.478 e. The summed E-state index contributed by atoms with van der Waals surface area (Å²) in [7, 11) is 1.69. The molecule has 19 heavy (non-hydrogen) atoms. The molecule has 2 aromatic rings. The van der Waals surface area contributed by atoms with Crippen LogP contribution >= 0.6 is 11.6 Å². The fraction of sp³-hybridized carbons (Fsp3) is 0.0833. The smallest absolute Gasteiger partial charge is 0.335 e. The van der Waals surface area contributed by atoms with E-state index < -0.39 is 11.9 Å². The fourth-order valence-corrected chi connectivity index (χ4v) is 1.64. The van der Waals surface area contributed by atoms with Crippen LogP contribution in [-0.4, -0.2) is 26.8 Å². The third-order valence-electron chi connectivity index (χ3n) is 2.41. The Balaban J connectivity index is 2.25. The van der Waals surface area contributed by atoms with E-state index in [2.05, 4.69) is 10.4 Å². The molecule has 0 saturated heterocycles. The third-order valence-corrected chi connectivity index (χ3v) is 2.74. The first kappa shape index (κ1) is 13.1. The summed E-state index contributed by atoms with van der Waals surface area (Å²) in [4.78, 5) is 22.7. The normalized spacial score (nSPS) is 10.2. The van der Waals surface area contributed by atoms with Crippen LogP contribution in [-0.2, 0) is 7.05 Å². The van der Waals surface area contributed by atoms with Crippen LogP contribution in [0, 0.1) is 0 Å². The SMILES string of the molecule is Cn1ccc(C(=O)Nc2cc(C(=O)O)ccc2Cl)n1. The zero-order valence-electron chi connectivity index (χ0n) is 9.92. The molecule has 1 aromatic carbocycles. The van der Waals surface area contributed by atoms with Gasteiger partial charge in [0.05, 0.1) is 16.3 Å². The van der Waals surface area contributed by atoms with E-state index in [0.29, 0.717) is 0 Å². The van der Waals surface area contributed by atoms with E-state index >= 15 is 0 Å². The van der Waals surface area contributed by atoms with Gasteiger partial charge in [-0.1, -0.05) is 11.6 Å². The molecule has 0 fully saturated rings. The van der Waals surface area contributed by atoms with Gasteiger partial charge in [0.1, 0.15) is 0 Å². The molecule has 1 amide bonds. The molecular weight excluding hydrogens is 270 g/mol. The minimum Gasteiger partial charge on any atom is -0.478 e. The number of aromatic nitrogens is 2. The molecule has 0 saturated carbocycles. The lowest BCUT2D eigenvalue weighted by Gasteiger charge is -2.06. The van der Waals surface area contributed by atoms with Crippen molar-refractivity contribution in [1.29, 1.82) is 0 Å². The molecule has 6 nitrogen and oxygen atoms in total. The Morgan fingerprint density at radius 1 is 1.37 bits per heavy atom. The molecule has 0 atom stereocenters. The highest BCUT2D eigenvalue weighted by Crippen LogP contribution is 2.23. The number of nitrogens with zero attached hydrogens (tertiary/aromatic N) is 2. The average molecular weight is 280 g/mol. The predicted molar refractivity (Wildman–Crippen MR) is 69.6 cm³/mol. The number of carboxylic acid groups (broad SMARTS) is 1. The lowest BCUT2D eigenvalue weighted by Crippen LogP contribution is -2.14. The highest BCUT2D eigenvalue weighted by Gasteiger charge is 2.13. The second-order valence-corrected chi connectivity index (χ2v) is 4.24. The van der Waals surface area contributed by atoms with Crippen LogP contribution in [0.25, 0.3) is 0 Å². The van der Waals surface area contributed by atoms with Gasteiger partial charge >= 0.3 is 5.97 Å². The van der Waals surface area contributed by atoms with Crippen molar-refractivity contribution in [3.05, 3.63) is 46.7 Å². The van der Waals surface area contributed by atoms with Crippen LogP contribution < -0.4 is 5.32 Å². The van der Waals surface area contributed by atoms with Gasteiger partial charge in [0.15, 0.2) is 5.69 Å². The second-order valence-electron chi connectivity index (χ2n) is 3.83. The topological polar surface area (TPSA) is 84.2 Å². The van der Waals surface area contributed by atoms with E-state index in [9.17, 15) is 9.59 Å². The molecule has 0 aliphatic carbocycles. The number of aromatic carboxylic acids is 1. The second kappa shape index (κ2) is 5.11. The number of hydrogen-bond donors (Lipinski definition) is 2. The standard InChI is InChI=1S/C12H10ClN3O3/c1-16-5-4-9(15-16)11(17)14-10-6-7(12(18)19)2-3-8(10)13/h2-6H,1H3,(H,14,17)(H,18,19). The van der Waals surface area contributed by atoms with Gasteiger partial charge in [0, 0.05) is 13.2 Å². The maximum Gasteiger partial charge on any atom is 0.335 e. The van der Waals surface area contributed by atoms with Crippen molar-refractivity contribution in [1.82, 2.24) is 9.78 Å². The average Bonchev–Trinajstić information content (AvgIpc) is 2.78. The van der Waals surface area contributed by atoms with E-state index in [1.165, 1.54) is 22.9 Å². The lowest BCUT2D eigenvalue weighted by molar-refractivity contribution is 0.0696. The monoisotopic (exact) mass is 279 g/mol. The summed E-state index contributed by atoms with van der Waals surface area (Å²) in [5.41, 5.74) is 0.497. The van der Waals surface area contributed by atoms with Gasteiger partial charge in [-0.15, -0.1) is 0 Å². The Kier molecular flexibility index (Phi) is 3.52. The number of carboxylic acids is 1. The van der Waals surface area contributed by atoms with Gasteiger partial charge in [-0.05, 0) is 24.3 Å². The van der Waals surface area contributed by atoms with Crippen molar-refractivity contribution in [3.8, 4) is 0 Å². The zero-order valence-corrected chi connectivity index (χ0v) is 10.7. The summed E-state index contributed by atoms with van der Waals surface area (Å²) < 4.78 is 1.49. The number of nitrogens with one attached hydrogen (secondary N) is 1. The maximum absolute atomic E-state index is 11.9. The Labute approximate surface area is 113 Å². The number of benzene rings is 1. The number of hydrogen-bond acceptors (Lipinski definition) is 3. The summed E-state index contributed by atoms with van der Waals surface area (Å²) in [5.74, 6) is -1.55. The van der Waals surface area contributed by atoms with Gasteiger partial charge in [-0.25, -0.2) is 4.79 Å². The van der Waals surface area contributed by atoms with Crippen LogP contribution in [0.1, 0.15) is 20.8 Å². The molecule has 0 bridgehead atoms. The van der Waals surface area contributed by atoms with E-state index in [-0.39, 0.29) is 22.0 Å². The lowest BCUT2D eigenvalue weighted by atomic mass is 10.2. The van der Waals surface area contributed by atoms with Crippen molar-refractivity contribution in [3.63, 3.8) is 0 Å². The summed E-state index contributed by atoms with van der Waals surface area (Å²) in [6.45, 7) is 0. The van der Waals surface area contributed by atoms with E-state index in [0.717, 1.165) is 0 Å². The molecule has 1 aromatic heterocycles. The Hall–Kier alpha value is -2.34. The molecule has 2 rings (SSSR count). The molecule has 0 radical (unpaired) electrons. The van der Waals surface area contributed by atoms with E-state index in [1.54, 1.807) is 19.3 Å². The zero-order chi connectivity index (χ0) is 14.0. The number of carbonyl (C=O) groups is 2. The quantitative estimate of drug-likeness (QED) is 0.900. The molecule has 2 N–H and O–H groups in total. The van der Waals surface area contributed by atoms with Crippen molar-refractivity contribution < 1.29 is 14.7 Å². The number of rotatable bonds is 3. The van der Waals surface area contributed by atoms with Crippen LogP contribution in [0.2, 0.25) is 5.02 Å². The van der Waals surface area contributed by atoms with Gasteiger partial charge in [0.2, 0.25) is 0 Å². The predicted octanol–water partition coefficient (Wildman–Crippen LogP) is 2.02. The summed E-state index contributed by atoms with van der Waals surface area (Å²) in [5, 5.41) is 15.6. The molecule has 7 heteroatoms. The molecule has 0 spiro atoms.